The van der Waals surface area contributed by atoms with Gasteiger partial charge in [-0.05, 0) is 37.0 Å². The normalized spacial score (nSPS) is 15.0. The summed E-state index contributed by atoms with van der Waals surface area (Å²) < 4.78 is 25.9. The first kappa shape index (κ1) is 14.5. The summed E-state index contributed by atoms with van der Waals surface area (Å²) in [4.78, 5) is 10.8. The van der Waals surface area contributed by atoms with Gasteiger partial charge < -0.3 is 5.11 Å². The van der Waals surface area contributed by atoms with Crippen LogP contribution in [0.1, 0.15) is 18.4 Å². The first-order chi connectivity index (χ1) is 9.43. The van der Waals surface area contributed by atoms with Gasteiger partial charge in [-0.1, -0.05) is 6.07 Å². The lowest BCUT2D eigenvalue weighted by Gasteiger charge is -2.20. The molecule has 1 aliphatic rings. The highest BCUT2D eigenvalue weighted by atomic mass is 32.2. The molecule has 0 bridgehead atoms. The molecule has 2 rings (SSSR count). The standard InChI is InChI=1S/C13H14N2O4S/c14-7-11-2-1-3-12(6-11)20(18,19)15(9-13(16)17)8-10-4-5-10/h1-3,6,10H,4-5,8-9H2,(H,16,17). The predicted octanol–water partition coefficient (Wildman–Crippen LogP) is 1.04. The van der Waals surface area contributed by atoms with Gasteiger partial charge in [0.05, 0.1) is 16.5 Å². The lowest BCUT2D eigenvalue weighted by molar-refractivity contribution is -0.137. The van der Waals surface area contributed by atoms with E-state index < -0.39 is 22.5 Å². The zero-order valence-electron chi connectivity index (χ0n) is 10.7. The summed E-state index contributed by atoms with van der Waals surface area (Å²) in [6, 6.07) is 7.48. The molecule has 0 aliphatic heterocycles. The number of carboxylic acid groups (broad SMARTS) is 1. The minimum Gasteiger partial charge on any atom is -0.480 e. The van der Waals surface area contributed by atoms with Crippen LogP contribution >= 0.6 is 0 Å². The van der Waals surface area contributed by atoms with E-state index in [9.17, 15) is 13.2 Å². The highest BCUT2D eigenvalue weighted by molar-refractivity contribution is 7.89. The monoisotopic (exact) mass is 294 g/mol. The molecule has 1 N–H and O–H groups in total. The molecular formula is C13H14N2O4S. The summed E-state index contributed by atoms with van der Waals surface area (Å²) in [6.07, 6.45) is 1.84. The van der Waals surface area contributed by atoms with Crippen LogP contribution in [0.5, 0.6) is 0 Å². The van der Waals surface area contributed by atoms with Crippen LogP contribution < -0.4 is 0 Å². The van der Waals surface area contributed by atoms with Crippen molar-refractivity contribution in [3.8, 4) is 6.07 Å². The fourth-order valence-corrected chi connectivity index (χ4v) is 3.37. The lowest BCUT2D eigenvalue weighted by atomic mass is 10.2. The fourth-order valence-electron chi connectivity index (χ4n) is 1.86. The maximum atomic E-state index is 12.5. The fraction of sp³-hybridized carbons (Fsp3) is 0.385. The smallest absolute Gasteiger partial charge is 0.318 e. The first-order valence-corrected chi connectivity index (χ1v) is 7.59. The predicted molar refractivity (Wildman–Crippen MR) is 70.3 cm³/mol. The summed E-state index contributed by atoms with van der Waals surface area (Å²) in [5, 5.41) is 17.7. The Labute approximate surface area is 117 Å². The van der Waals surface area contributed by atoms with Gasteiger partial charge in [-0.25, -0.2) is 8.42 Å². The van der Waals surface area contributed by atoms with Gasteiger partial charge in [0.2, 0.25) is 10.0 Å². The summed E-state index contributed by atoms with van der Waals surface area (Å²) >= 11 is 0. The van der Waals surface area contributed by atoms with E-state index in [1.807, 2.05) is 6.07 Å². The Bertz CT molecular complexity index is 659. The summed E-state index contributed by atoms with van der Waals surface area (Å²) in [7, 11) is -3.88. The first-order valence-electron chi connectivity index (χ1n) is 6.15. The van der Waals surface area contributed by atoms with Crippen LogP contribution in [0, 0.1) is 17.2 Å². The van der Waals surface area contributed by atoms with Crippen LogP contribution in [0.3, 0.4) is 0 Å². The second-order valence-electron chi connectivity index (χ2n) is 4.77. The van der Waals surface area contributed by atoms with Crippen LogP contribution in [0.15, 0.2) is 29.2 Å². The molecule has 0 amide bonds. The second-order valence-corrected chi connectivity index (χ2v) is 6.71. The molecule has 1 aromatic rings. The third kappa shape index (κ3) is 3.35. The number of hydrogen-bond donors (Lipinski definition) is 1. The Morgan fingerprint density at radius 2 is 2.15 bits per heavy atom. The van der Waals surface area contributed by atoms with Gasteiger partial charge in [0.1, 0.15) is 6.54 Å². The summed E-state index contributed by atoms with van der Waals surface area (Å²) in [5.41, 5.74) is 0.229. The van der Waals surface area contributed by atoms with Gasteiger partial charge in [-0.3, -0.25) is 4.79 Å². The van der Waals surface area contributed by atoms with E-state index in [-0.39, 0.29) is 22.9 Å². The quantitative estimate of drug-likeness (QED) is 0.845. The van der Waals surface area contributed by atoms with E-state index in [1.165, 1.54) is 24.3 Å². The molecule has 7 heteroatoms. The average Bonchev–Trinajstić information content (AvgIpc) is 3.21. The Morgan fingerprint density at radius 3 is 2.70 bits per heavy atom. The molecule has 1 aliphatic carbocycles. The highest BCUT2D eigenvalue weighted by Gasteiger charge is 2.33. The molecule has 0 unspecified atom stereocenters. The van der Waals surface area contributed by atoms with E-state index >= 15 is 0 Å². The van der Waals surface area contributed by atoms with Crippen LogP contribution in [0.25, 0.3) is 0 Å². The van der Waals surface area contributed by atoms with Gasteiger partial charge in [0.25, 0.3) is 0 Å². The summed E-state index contributed by atoms with van der Waals surface area (Å²) in [6.45, 7) is -0.346. The number of nitrogens with zero attached hydrogens (tertiary/aromatic N) is 2. The van der Waals surface area contributed by atoms with Crippen molar-refractivity contribution in [3.63, 3.8) is 0 Å². The number of rotatable bonds is 6. The second kappa shape index (κ2) is 5.61. The molecule has 0 aromatic heterocycles. The summed E-state index contributed by atoms with van der Waals surface area (Å²) in [5.74, 6) is -0.950. The molecule has 1 aromatic carbocycles. The van der Waals surface area contributed by atoms with Crippen molar-refractivity contribution in [2.24, 2.45) is 5.92 Å². The van der Waals surface area contributed by atoms with Gasteiger partial charge in [-0.2, -0.15) is 9.57 Å². The number of benzene rings is 1. The topological polar surface area (TPSA) is 98.5 Å². The molecule has 0 saturated heterocycles. The third-order valence-corrected chi connectivity index (χ3v) is 4.88. The van der Waals surface area contributed by atoms with E-state index in [2.05, 4.69) is 0 Å². The van der Waals surface area contributed by atoms with Crippen LogP contribution in [-0.4, -0.2) is 36.9 Å². The van der Waals surface area contributed by atoms with E-state index in [4.69, 9.17) is 10.4 Å². The van der Waals surface area contributed by atoms with Crippen molar-refractivity contribution >= 4 is 16.0 Å². The number of aliphatic carboxylic acids is 1. The zero-order valence-corrected chi connectivity index (χ0v) is 11.5. The SMILES string of the molecule is N#Cc1cccc(S(=O)(=O)N(CC(=O)O)CC2CC2)c1. The van der Waals surface area contributed by atoms with Crippen LogP contribution in [-0.2, 0) is 14.8 Å². The third-order valence-electron chi connectivity index (χ3n) is 3.07. The molecule has 106 valence electrons. The van der Waals surface area contributed by atoms with E-state index in [0.29, 0.717) is 0 Å². The van der Waals surface area contributed by atoms with Crippen molar-refractivity contribution in [2.75, 3.05) is 13.1 Å². The van der Waals surface area contributed by atoms with E-state index in [0.717, 1.165) is 17.1 Å². The number of sulfonamides is 1. The average molecular weight is 294 g/mol. The highest BCUT2D eigenvalue weighted by Crippen LogP contribution is 2.31. The molecule has 0 radical (unpaired) electrons. The number of carbonyl (C=O) groups is 1. The number of hydrogen-bond acceptors (Lipinski definition) is 4. The Hall–Kier alpha value is -1.91. The maximum absolute atomic E-state index is 12.5. The van der Waals surface area contributed by atoms with Crippen molar-refractivity contribution in [1.82, 2.24) is 4.31 Å². The lowest BCUT2D eigenvalue weighted by Crippen LogP contribution is -2.37. The van der Waals surface area contributed by atoms with E-state index in [1.54, 1.807) is 0 Å². The molecule has 0 spiro atoms. The van der Waals surface area contributed by atoms with Crippen LogP contribution in [0.2, 0.25) is 0 Å². The van der Waals surface area contributed by atoms with Crippen molar-refractivity contribution in [3.05, 3.63) is 29.8 Å². The minimum absolute atomic E-state index is 0.0431. The molecule has 20 heavy (non-hydrogen) atoms. The van der Waals surface area contributed by atoms with Crippen molar-refractivity contribution in [2.45, 2.75) is 17.7 Å². The van der Waals surface area contributed by atoms with Gasteiger partial charge in [0.15, 0.2) is 0 Å². The number of carboxylic acids is 1. The van der Waals surface area contributed by atoms with Gasteiger partial charge in [0, 0.05) is 6.54 Å². The molecule has 6 nitrogen and oxygen atoms in total. The van der Waals surface area contributed by atoms with Crippen LogP contribution in [0.4, 0.5) is 0 Å². The van der Waals surface area contributed by atoms with Crippen molar-refractivity contribution in [1.29, 1.82) is 5.26 Å². The minimum atomic E-state index is -3.88. The maximum Gasteiger partial charge on any atom is 0.318 e. The largest absolute Gasteiger partial charge is 0.480 e. The number of nitriles is 1. The molecule has 1 saturated carbocycles. The Morgan fingerprint density at radius 1 is 1.45 bits per heavy atom. The van der Waals surface area contributed by atoms with Gasteiger partial charge >= 0.3 is 5.97 Å². The Balaban J connectivity index is 2.32. The zero-order chi connectivity index (χ0) is 14.8. The molecule has 0 heterocycles. The Kier molecular flexibility index (Phi) is 4.06. The molecule has 1 fully saturated rings. The molecular weight excluding hydrogens is 280 g/mol. The van der Waals surface area contributed by atoms with Gasteiger partial charge in [-0.15, -0.1) is 0 Å². The molecule has 0 atom stereocenters. The van der Waals surface area contributed by atoms with Crippen molar-refractivity contribution < 1.29 is 18.3 Å².